The van der Waals surface area contributed by atoms with E-state index in [-0.39, 0.29) is 17.6 Å². The number of hydrogen-bond acceptors (Lipinski definition) is 3. The van der Waals surface area contributed by atoms with Crippen LogP contribution in [0.3, 0.4) is 0 Å². The van der Waals surface area contributed by atoms with Gasteiger partial charge in [-0.3, -0.25) is 9.59 Å². The normalized spacial score (nSPS) is 23.0. The summed E-state index contributed by atoms with van der Waals surface area (Å²) in [5.74, 6) is -0.0787. The largest absolute Gasteiger partial charge is 0.459 e. The number of halogens is 1. The van der Waals surface area contributed by atoms with Crippen molar-refractivity contribution in [3.63, 3.8) is 0 Å². The van der Waals surface area contributed by atoms with Gasteiger partial charge in [0.2, 0.25) is 5.91 Å². The molecule has 0 radical (unpaired) electrons. The Balaban J connectivity index is 1.48. The van der Waals surface area contributed by atoms with E-state index in [2.05, 4.69) is 0 Å². The highest BCUT2D eigenvalue weighted by Gasteiger charge is 2.49. The first kappa shape index (κ1) is 16.8. The maximum Gasteiger partial charge on any atom is 0.289 e. The van der Waals surface area contributed by atoms with E-state index in [1.807, 2.05) is 6.07 Å². The summed E-state index contributed by atoms with van der Waals surface area (Å²) in [7, 11) is 0. The topological polar surface area (TPSA) is 53.8 Å². The molecule has 2 saturated heterocycles. The Morgan fingerprint density at radius 3 is 2.85 bits per heavy atom. The fourth-order valence-electron chi connectivity index (χ4n) is 4.14. The minimum atomic E-state index is -0.520. The van der Waals surface area contributed by atoms with Crippen LogP contribution >= 0.6 is 0 Å². The number of benzene rings is 1. The van der Waals surface area contributed by atoms with Gasteiger partial charge in [-0.05, 0) is 49.1 Å². The molecule has 2 fully saturated rings. The first-order valence-corrected chi connectivity index (χ1v) is 8.94. The molecule has 4 rings (SSSR count). The molecule has 3 heterocycles. The lowest BCUT2D eigenvalue weighted by molar-refractivity contribution is -0.138. The fourth-order valence-corrected chi connectivity index (χ4v) is 4.14. The minimum Gasteiger partial charge on any atom is -0.459 e. The SMILES string of the molecule is O=C(c1ccco1)N1CCC[C@@]2(CCN(Cc3cccc(F)c3)C2=O)C1. The number of carbonyl (C=O) groups excluding carboxylic acids is 2. The van der Waals surface area contributed by atoms with Gasteiger partial charge in [-0.2, -0.15) is 0 Å². The van der Waals surface area contributed by atoms with Crippen molar-refractivity contribution in [2.75, 3.05) is 19.6 Å². The number of amides is 2. The van der Waals surface area contributed by atoms with Crippen molar-refractivity contribution in [3.8, 4) is 0 Å². The Morgan fingerprint density at radius 1 is 1.19 bits per heavy atom. The van der Waals surface area contributed by atoms with E-state index in [0.717, 1.165) is 24.8 Å². The summed E-state index contributed by atoms with van der Waals surface area (Å²) in [4.78, 5) is 29.2. The summed E-state index contributed by atoms with van der Waals surface area (Å²) in [6.07, 6.45) is 3.79. The molecule has 2 aromatic rings. The Bertz CT molecular complexity index is 820. The van der Waals surface area contributed by atoms with E-state index in [1.165, 1.54) is 18.4 Å². The van der Waals surface area contributed by atoms with Crippen LogP contribution in [0.2, 0.25) is 0 Å². The Labute approximate surface area is 151 Å². The lowest BCUT2D eigenvalue weighted by atomic mass is 9.78. The molecular formula is C20H21FN2O3. The Kier molecular flexibility index (Phi) is 4.26. The van der Waals surface area contributed by atoms with Crippen molar-refractivity contribution in [2.24, 2.45) is 5.41 Å². The third-order valence-corrected chi connectivity index (χ3v) is 5.46. The van der Waals surface area contributed by atoms with E-state index >= 15 is 0 Å². The average Bonchev–Trinajstić information content (AvgIpc) is 3.27. The van der Waals surface area contributed by atoms with Gasteiger partial charge in [-0.1, -0.05) is 12.1 Å². The molecule has 0 aliphatic carbocycles. The lowest BCUT2D eigenvalue weighted by Crippen LogP contribution is -2.49. The van der Waals surface area contributed by atoms with Crippen molar-refractivity contribution < 1.29 is 18.4 Å². The van der Waals surface area contributed by atoms with Crippen LogP contribution < -0.4 is 0 Å². The molecule has 1 aromatic heterocycles. The molecular weight excluding hydrogens is 335 g/mol. The molecule has 136 valence electrons. The standard InChI is InChI=1S/C20H21FN2O3/c21-16-5-1-4-15(12-16)13-22-10-8-20(19(22)25)7-3-9-23(14-20)18(24)17-6-2-11-26-17/h1-2,4-6,11-12H,3,7-10,13-14H2/t20-/m1/s1. The van der Waals surface area contributed by atoms with Crippen LogP contribution in [-0.4, -0.2) is 41.2 Å². The van der Waals surface area contributed by atoms with Gasteiger partial charge in [0.25, 0.3) is 5.91 Å². The third-order valence-electron chi connectivity index (χ3n) is 5.46. The van der Waals surface area contributed by atoms with E-state index in [1.54, 1.807) is 28.0 Å². The second-order valence-corrected chi connectivity index (χ2v) is 7.19. The molecule has 2 aliphatic heterocycles. The van der Waals surface area contributed by atoms with Crippen LogP contribution in [0.5, 0.6) is 0 Å². The van der Waals surface area contributed by atoms with Gasteiger partial charge < -0.3 is 14.2 Å². The van der Waals surface area contributed by atoms with Crippen LogP contribution in [0.4, 0.5) is 4.39 Å². The van der Waals surface area contributed by atoms with Gasteiger partial charge in [0.05, 0.1) is 11.7 Å². The van der Waals surface area contributed by atoms with Crippen molar-refractivity contribution in [1.29, 1.82) is 0 Å². The van der Waals surface area contributed by atoms with Gasteiger partial charge in [0.15, 0.2) is 5.76 Å². The van der Waals surface area contributed by atoms with Gasteiger partial charge in [-0.25, -0.2) is 4.39 Å². The molecule has 1 aromatic carbocycles. The van der Waals surface area contributed by atoms with Gasteiger partial charge in [-0.15, -0.1) is 0 Å². The molecule has 5 nitrogen and oxygen atoms in total. The molecule has 0 saturated carbocycles. The minimum absolute atomic E-state index is 0.0682. The number of nitrogens with zero attached hydrogens (tertiary/aromatic N) is 2. The van der Waals surface area contributed by atoms with Crippen molar-refractivity contribution in [1.82, 2.24) is 9.80 Å². The quantitative estimate of drug-likeness (QED) is 0.849. The highest BCUT2D eigenvalue weighted by atomic mass is 19.1. The number of furan rings is 1. The molecule has 1 atom stereocenters. The number of carbonyl (C=O) groups is 2. The lowest BCUT2D eigenvalue weighted by Gasteiger charge is -2.38. The number of rotatable bonds is 3. The molecule has 0 bridgehead atoms. The molecule has 0 unspecified atom stereocenters. The molecule has 26 heavy (non-hydrogen) atoms. The van der Waals surface area contributed by atoms with Crippen molar-refractivity contribution in [3.05, 3.63) is 59.8 Å². The second kappa shape index (κ2) is 6.59. The molecule has 6 heteroatoms. The summed E-state index contributed by atoms with van der Waals surface area (Å²) in [5.41, 5.74) is 0.267. The van der Waals surface area contributed by atoms with E-state index in [0.29, 0.717) is 31.9 Å². The van der Waals surface area contributed by atoms with E-state index in [4.69, 9.17) is 4.42 Å². The number of piperidine rings is 1. The summed E-state index contributed by atoms with van der Waals surface area (Å²) in [6.45, 7) is 2.10. The summed E-state index contributed by atoms with van der Waals surface area (Å²) >= 11 is 0. The first-order valence-electron chi connectivity index (χ1n) is 8.94. The number of hydrogen-bond donors (Lipinski definition) is 0. The Hall–Kier alpha value is -2.63. The van der Waals surface area contributed by atoms with Crippen LogP contribution in [0.15, 0.2) is 47.1 Å². The van der Waals surface area contributed by atoms with Crippen LogP contribution in [0, 0.1) is 11.2 Å². The van der Waals surface area contributed by atoms with E-state index < -0.39 is 5.41 Å². The zero-order valence-electron chi connectivity index (χ0n) is 14.5. The molecule has 2 amide bonds. The Morgan fingerprint density at radius 2 is 2.08 bits per heavy atom. The fraction of sp³-hybridized carbons (Fsp3) is 0.400. The molecule has 1 spiro atoms. The van der Waals surface area contributed by atoms with Crippen LogP contribution in [-0.2, 0) is 11.3 Å². The van der Waals surface area contributed by atoms with Gasteiger partial charge >= 0.3 is 0 Å². The summed E-state index contributed by atoms with van der Waals surface area (Å²) < 4.78 is 18.6. The monoisotopic (exact) mass is 356 g/mol. The predicted octanol–water partition coefficient (Wildman–Crippen LogP) is 3.07. The highest BCUT2D eigenvalue weighted by molar-refractivity contribution is 5.93. The molecule has 0 N–H and O–H groups in total. The smallest absolute Gasteiger partial charge is 0.289 e. The average molecular weight is 356 g/mol. The van der Waals surface area contributed by atoms with Crippen molar-refractivity contribution in [2.45, 2.75) is 25.8 Å². The van der Waals surface area contributed by atoms with Crippen LogP contribution in [0.25, 0.3) is 0 Å². The maximum absolute atomic E-state index is 13.4. The third kappa shape index (κ3) is 3.00. The molecule has 2 aliphatic rings. The second-order valence-electron chi connectivity index (χ2n) is 7.19. The predicted molar refractivity (Wildman–Crippen MR) is 92.7 cm³/mol. The highest BCUT2D eigenvalue weighted by Crippen LogP contribution is 2.41. The van der Waals surface area contributed by atoms with Crippen molar-refractivity contribution >= 4 is 11.8 Å². The van der Waals surface area contributed by atoms with E-state index in [9.17, 15) is 14.0 Å². The summed E-state index contributed by atoms with van der Waals surface area (Å²) in [5, 5.41) is 0. The zero-order valence-corrected chi connectivity index (χ0v) is 14.5. The number of likely N-dealkylation sites (tertiary alicyclic amines) is 2. The first-order chi connectivity index (χ1) is 12.6. The zero-order chi connectivity index (χ0) is 18.1. The summed E-state index contributed by atoms with van der Waals surface area (Å²) in [6, 6.07) is 9.69. The van der Waals surface area contributed by atoms with Gasteiger partial charge in [0.1, 0.15) is 5.82 Å². The maximum atomic E-state index is 13.4. The van der Waals surface area contributed by atoms with Gasteiger partial charge in [0, 0.05) is 26.2 Å². The van der Waals surface area contributed by atoms with Crippen LogP contribution in [0.1, 0.15) is 35.4 Å².